The van der Waals surface area contributed by atoms with Crippen molar-refractivity contribution in [3.8, 4) is 0 Å². The predicted octanol–water partition coefficient (Wildman–Crippen LogP) is 4.65. The minimum atomic E-state index is -0.971. The number of carbonyl (C=O) groups excluding carboxylic acids is 1. The molecule has 0 spiro atoms. The van der Waals surface area contributed by atoms with E-state index < -0.39 is 12.5 Å². The molecule has 0 bridgehead atoms. The number of pyridine rings is 1. The second kappa shape index (κ2) is 13.6. The van der Waals surface area contributed by atoms with Crippen LogP contribution in [-0.2, 0) is 20.8 Å². The quantitative estimate of drug-likeness (QED) is 0.283. The van der Waals surface area contributed by atoms with Crippen molar-refractivity contribution in [1.29, 1.82) is 0 Å². The van der Waals surface area contributed by atoms with Gasteiger partial charge in [-0.15, -0.1) is 0 Å². The summed E-state index contributed by atoms with van der Waals surface area (Å²) < 4.78 is 11.6. The topological polar surface area (TPSA) is 79.3 Å². The highest BCUT2D eigenvalue weighted by Crippen LogP contribution is 2.30. The number of rotatable bonds is 10. The van der Waals surface area contributed by atoms with Gasteiger partial charge >= 0.3 is 0 Å². The number of benzodiazepines with no additional fused rings is 1. The molecule has 1 unspecified atom stereocenters. The van der Waals surface area contributed by atoms with Gasteiger partial charge in [-0.05, 0) is 62.0 Å². The van der Waals surface area contributed by atoms with Gasteiger partial charge < -0.3 is 24.6 Å². The van der Waals surface area contributed by atoms with E-state index in [4.69, 9.17) is 38.3 Å². The van der Waals surface area contributed by atoms with Crippen LogP contribution in [0.2, 0.25) is 5.02 Å². The molecule has 1 aliphatic rings. The highest BCUT2D eigenvalue weighted by molar-refractivity contribution is 7.80. The monoisotopic (exact) mass is 565 g/mol. The maximum atomic E-state index is 13.7. The lowest BCUT2D eigenvalue weighted by Gasteiger charge is -2.31. The fourth-order valence-corrected chi connectivity index (χ4v) is 4.73. The Morgan fingerprint density at radius 1 is 1.10 bits per heavy atom. The average Bonchev–Trinajstić information content (AvgIpc) is 3.04. The van der Waals surface area contributed by atoms with Crippen molar-refractivity contribution in [2.45, 2.75) is 32.8 Å². The lowest BCUT2D eigenvalue weighted by Crippen LogP contribution is -2.52. The van der Waals surface area contributed by atoms with Crippen LogP contribution in [0.3, 0.4) is 0 Å². The molecule has 4 rings (SSSR count). The summed E-state index contributed by atoms with van der Waals surface area (Å²) in [6.45, 7) is 5.64. The van der Waals surface area contributed by atoms with Crippen LogP contribution in [-0.4, -0.2) is 65.9 Å². The van der Waals surface area contributed by atoms with Gasteiger partial charge in [0.2, 0.25) is 6.17 Å². The molecule has 3 aromatic rings. The van der Waals surface area contributed by atoms with E-state index in [1.165, 1.54) is 0 Å². The van der Waals surface area contributed by atoms with Crippen molar-refractivity contribution in [1.82, 2.24) is 15.2 Å². The van der Waals surface area contributed by atoms with Crippen molar-refractivity contribution in [3.05, 3.63) is 94.8 Å². The minimum absolute atomic E-state index is 0.248. The Morgan fingerprint density at radius 2 is 1.79 bits per heavy atom. The van der Waals surface area contributed by atoms with Crippen LogP contribution in [0, 0.1) is 0 Å². The number of nitrogens with zero attached hydrogens (tertiary/aromatic N) is 4. The lowest BCUT2D eigenvalue weighted by molar-refractivity contribution is -0.142. The summed E-state index contributed by atoms with van der Waals surface area (Å²) >= 11 is 12.2. The molecule has 0 aliphatic carbocycles. The third kappa shape index (κ3) is 7.19. The van der Waals surface area contributed by atoms with Crippen LogP contribution in [0.5, 0.6) is 0 Å². The zero-order chi connectivity index (χ0) is 27.8. The highest BCUT2D eigenvalue weighted by atomic mass is 35.5. The number of ether oxygens (including phenoxy) is 2. The standard InChI is InChI=1S/C29H32ClN5O3S/c1-4-37-25(38-5-2)19-35(18-20-13-15-31-16-14-20)29(39)33-27-28(36)34(3)24-12-11-22(30)17-23(24)26(32-27)21-9-7-6-8-10-21/h6-17,25,27H,4-5,18-19H2,1-3H3,(H,33,39). The molecule has 1 N–H and O–H groups in total. The zero-order valence-electron chi connectivity index (χ0n) is 22.2. The van der Waals surface area contributed by atoms with Crippen molar-refractivity contribution in [2.24, 2.45) is 4.99 Å². The fraction of sp³-hybridized carbons (Fsp3) is 0.310. The van der Waals surface area contributed by atoms with E-state index in [9.17, 15) is 4.79 Å². The smallest absolute Gasteiger partial charge is 0.272 e. The van der Waals surface area contributed by atoms with Gasteiger partial charge in [0.1, 0.15) is 0 Å². The number of benzene rings is 2. The van der Waals surface area contributed by atoms with E-state index in [0.29, 0.717) is 47.8 Å². The van der Waals surface area contributed by atoms with Crippen LogP contribution in [0.4, 0.5) is 5.69 Å². The van der Waals surface area contributed by atoms with Gasteiger partial charge in [-0.25, -0.2) is 4.99 Å². The third-order valence-corrected chi connectivity index (χ3v) is 6.80. The molecule has 8 nitrogen and oxygen atoms in total. The van der Waals surface area contributed by atoms with Gasteiger partial charge in [0.25, 0.3) is 5.91 Å². The van der Waals surface area contributed by atoms with Crippen LogP contribution >= 0.6 is 23.8 Å². The van der Waals surface area contributed by atoms with E-state index in [1.807, 2.05) is 73.3 Å². The molecule has 204 valence electrons. The number of halogens is 1. The Morgan fingerprint density at radius 3 is 2.46 bits per heavy atom. The number of thiocarbonyl (C=S) groups is 1. The van der Waals surface area contributed by atoms with Crippen LogP contribution < -0.4 is 10.2 Å². The van der Waals surface area contributed by atoms with E-state index in [1.54, 1.807) is 30.4 Å². The first kappa shape index (κ1) is 28.6. The lowest BCUT2D eigenvalue weighted by atomic mass is 10.0. The number of likely N-dealkylation sites (N-methyl/N-ethyl adjacent to an activating group) is 1. The number of aliphatic imine (C=N–C) groups is 1. The number of carbonyl (C=O) groups is 1. The third-order valence-electron chi connectivity index (χ3n) is 6.19. The molecule has 1 aliphatic heterocycles. The molecular formula is C29H32ClN5O3S. The number of aromatic nitrogens is 1. The first-order chi connectivity index (χ1) is 18.9. The molecule has 10 heteroatoms. The number of hydrogen-bond donors (Lipinski definition) is 1. The summed E-state index contributed by atoms with van der Waals surface area (Å²) in [6, 6.07) is 19.0. The zero-order valence-corrected chi connectivity index (χ0v) is 23.8. The van der Waals surface area contributed by atoms with Crippen molar-refractivity contribution < 1.29 is 14.3 Å². The van der Waals surface area contributed by atoms with Crippen molar-refractivity contribution >= 4 is 46.2 Å². The fourth-order valence-electron chi connectivity index (χ4n) is 4.31. The predicted molar refractivity (Wildman–Crippen MR) is 158 cm³/mol. The molecule has 0 radical (unpaired) electrons. The molecule has 1 aromatic heterocycles. The molecule has 39 heavy (non-hydrogen) atoms. The second-order valence-corrected chi connectivity index (χ2v) is 9.65. The van der Waals surface area contributed by atoms with Gasteiger partial charge in [-0.2, -0.15) is 0 Å². The van der Waals surface area contributed by atoms with Gasteiger partial charge in [-0.1, -0.05) is 41.9 Å². The Hall–Kier alpha value is -3.37. The maximum Gasteiger partial charge on any atom is 0.272 e. The summed E-state index contributed by atoms with van der Waals surface area (Å²) in [6.07, 6.45) is 2.00. The van der Waals surface area contributed by atoms with Crippen LogP contribution in [0.1, 0.15) is 30.5 Å². The number of hydrogen-bond acceptors (Lipinski definition) is 6. The Kier molecular flexibility index (Phi) is 10.00. The summed E-state index contributed by atoms with van der Waals surface area (Å²) in [5.41, 5.74) is 3.99. The van der Waals surface area contributed by atoms with Crippen LogP contribution in [0.15, 0.2) is 78.0 Å². The first-order valence-electron chi connectivity index (χ1n) is 12.8. The molecule has 2 heterocycles. The Labute approximate surface area is 239 Å². The van der Waals surface area contributed by atoms with E-state index in [2.05, 4.69) is 10.3 Å². The number of amides is 1. The molecular weight excluding hydrogens is 534 g/mol. The summed E-state index contributed by atoms with van der Waals surface area (Å²) in [5.74, 6) is -0.248. The summed E-state index contributed by atoms with van der Waals surface area (Å²) in [5, 5.41) is 4.12. The van der Waals surface area contributed by atoms with Gasteiger partial charge in [0.15, 0.2) is 11.4 Å². The van der Waals surface area contributed by atoms with Gasteiger partial charge in [0, 0.05) is 55.3 Å². The molecule has 0 saturated heterocycles. The maximum absolute atomic E-state index is 13.7. The van der Waals surface area contributed by atoms with Crippen molar-refractivity contribution in [2.75, 3.05) is 31.7 Å². The SMILES string of the molecule is CCOC(CN(Cc1ccncc1)C(=S)NC1N=C(c2ccccc2)c2cc(Cl)ccc2N(C)C1=O)OCC. The summed E-state index contributed by atoms with van der Waals surface area (Å²) in [7, 11) is 1.73. The van der Waals surface area contributed by atoms with Gasteiger partial charge in [0.05, 0.1) is 17.9 Å². The molecule has 0 fully saturated rings. The number of nitrogens with one attached hydrogen (secondary N) is 1. The largest absolute Gasteiger partial charge is 0.351 e. The molecule has 1 atom stereocenters. The minimum Gasteiger partial charge on any atom is -0.351 e. The second-order valence-electron chi connectivity index (χ2n) is 8.83. The summed E-state index contributed by atoms with van der Waals surface area (Å²) in [4.78, 5) is 26.2. The van der Waals surface area contributed by atoms with E-state index in [-0.39, 0.29) is 5.91 Å². The first-order valence-corrected chi connectivity index (χ1v) is 13.6. The van der Waals surface area contributed by atoms with Crippen molar-refractivity contribution in [3.63, 3.8) is 0 Å². The number of anilines is 1. The number of fused-ring (bicyclic) bond motifs is 1. The normalized spacial score (nSPS) is 15.0. The molecule has 2 aromatic carbocycles. The van der Waals surface area contributed by atoms with Gasteiger partial charge in [-0.3, -0.25) is 9.78 Å². The average molecular weight is 566 g/mol. The van der Waals surface area contributed by atoms with E-state index in [0.717, 1.165) is 16.7 Å². The highest BCUT2D eigenvalue weighted by Gasteiger charge is 2.32. The molecule has 0 saturated carbocycles. The Balaban J connectivity index is 1.69. The molecule has 1 amide bonds. The van der Waals surface area contributed by atoms with Crippen LogP contribution in [0.25, 0.3) is 0 Å². The van der Waals surface area contributed by atoms with E-state index >= 15 is 0 Å². The Bertz CT molecular complexity index is 1300.